The quantitative estimate of drug-likeness (QED) is 0.690. The second-order valence-electron chi connectivity index (χ2n) is 4.63. The molecule has 1 heterocycles. The van der Waals surface area contributed by atoms with Gasteiger partial charge in [0.25, 0.3) is 0 Å². The third-order valence-electron chi connectivity index (χ3n) is 3.02. The highest BCUT2D eigenvalue weighted by molar-refractivity contribution is 7.10. The number of rotatable bonds is 8. The highest BCUT2D eigenvalue weighted by Gasteiger charge is 2.15. The summed E-state index contributed by atoms with van der Waals surface area (Å²) in [5, 5.41) is 16.3. The van der Waals surface area contributed by atoms with E-state index in [2.05, 4.69) is 23.6 Å². The molecule has 1 aromatic heterocycles. The Labute approximate surface area is 123 Å². The number of aliphatic carboxylic acids is 1. The van der Waals surface area contributed by atoms with E-state index >= 15 is 0 Å². The van der Waals surface area contributed by atoms with E-state index in [-0.39, 0.29) is 18.5 Å². The molecule has 0 radical (unpaired) electrons. The Balaban J connectivity index is 2.43. The fourth-order valence-electron chi connectivity index (χ4n) is 2.02. The molecule has 112 valence electrons. The number of carbonyl (C=O) groups is 2. The molecule has 0 bridgehead atoms. The molecule has 0 spiro atoms. The number of carboxylic acids is 1. The first-order valence-corrected chi connectivity index (χ1v) is 7.76. The smallest absolute Gasteiger partial charge is 0.315 e. The molecular formula is C14H22N2O3S. The number of carboxylic acid groups (broad SMARTS) is 1. The van der Waals surface area contributed by atoms with E-state index in [1.807, 2.05) is 12.3 Å². The Morgan fingerprint density at radius 2 is 2.15 bits per heavy atom. The summed E-state index contributed by atoms with van der Waals surface area (Å²) in [6.07, 6.45) is 2.40. The SMILES string of the molecule is CCCC(CC(=O)O)NC(=O)NCc1sccc1CC. The minimum absolute atomic E-state index is 0.0412. The van der Waals surface area contributed by atoms with Gasteiger partial charge in [0, 0.05) is 10.9 Å². The van der Waals surface area contributed by atoms with Gasteiger partial charge >= 0.3 is 12.0 Å². The van der Waals surface area contributed by atoms with Crippen molar-refractivity contribution in [3.8, 4) is 0 Å². The van der Waals surface area contributed by atoms with Crippen LogP contribution in [0.4, 0.5) is 4.79 Å². The average Bonchev–Trinajstić information content (AvgIpc) is 2.83. The fraction of sp³-hybridized carbons (Fsp3) is 0.571. The van der Waals surface area contributed by atoms with E-state index in [9.17, 15) is 9.59 Å². The predicted octanol–water partition coefficient (Wildman–Crippen LogP) is 2.75. The van der Waals surface area contributed by atoms with Gasteiger partial charge in [0.2, 0.25) is 0 Å². The Morgan fingerprint density at radius 1 is 1.40 bits per heavy atom. The average molecular weight is 298 g/mol. The van der Waals surface area contributed by atoms with Crippen LogP contribution < -0.4 is 10.6 Å². The fourth-order valence-corrected chi connectivity index (χ4v) is 2.93. The molecule has 1 rings (SSSR count). The first-order valence-electron chi connectivity index (χ1n) is 6.88. The number of carbonyl (C=O) groups excluding carboxylic acids is 1. The molecule has 0 saturated carbocycles. The van der Waals surface area contributed by atoms with Crippen molar-refractivity contribution in [3.05, 3.63) is 21.9 Å². The Hall–Kier alpha value is -1.56. The molecule has 20 heavy (non-hydrogen) atoms. The molecule has 0 aliphatic rings. The van der Waals surface area contributed by atoms with Gasteiger partial charge < -0.3 is 15.7 Å². The lowest BCUT2D eigenvalue weighted by Crippen LogP contribution is -2.42. The van der Waals surface area contributed by atoms with Crippen LogP contribution in [-0.4, -0.2) is 23.1 Å². The summed E-state index contributed by atoms with van der Waals surface area (Å²) in [5.41, 5.74) is 1.24. The molecule has 5 nitrogen and oxygen atoms in total. The zero-order valence-electron chi connectivity index (χ0n) is 11.9. The Morgan fingerprint density at radius 3 is 2.75 bits per heavy atom. The van der Waals surface area contributed by atoms with Crippen molar-refractivity contribution in [2.24, 2.45) is 0 Å². The van der Waals surface area contributed by atoms with Gasteiger partial charge in [0.05, 0.1) is 13.0 Å². The van der Waals surface area contributed by atoms with Crippen molar-refractivity contribution in [3.63, 3.8) is 0 Å². The summed E-state index contributed by atoms with van der Waals surface area (Å²) in [6.45, 7) is 4.53. The van der Waals surface area contributed by atoms with Crippen LogP contribution in [0.3, 0.4) is 0 Å². The van der Waals surface area contributed by atoms with Crippen LogP contribution in [-0.2, 0) is 17.8 Å². The number of hydrogen-bond acceptors (Lipinski definition) is 3. The van der Waals surface area contributed by atoms with Crippen molar-refractivity contribution in [2.45, 2.75) is 52.1 Å². The molecule has 1 unspecified atom stereocenters. The van der Waals surface area contributed by atoms with Gasteiger partial charge in [-0.3, -0.25) is 4.79 Å². The monoisotopic (exact) mass is 298 g/mol. The highest BCUT2D eigenvalue weighted by Crippen LogP contribution is 2.16. The van der Waals surface area contributed by atoms with Crippen LogP contribution in [0.25, 0.3) is 0 Å². The molecule has 0 aromatic carbocycles. The number of thiophene rings is 1. The van der Waals surface area contributed by atoms with E-state index in [0.29, 0.717) is 13.0 Å². The molecule has 3 N–H and O–H groups in total. The maximum Gasteiger partial charge on any atom is 0.315 e. The van der Waals surface area contributed by atoms with Crippen molar-refractivity contribution < 1.29 is 14.7 Å². The van der Waals surface area contributed by atoms with Gasteiger partial charge in [-0.1, -0.05) is 20.3 Å². The third-order valence-corrected chi connectivity index (χ3v) is 3.98. The standard InChI is InChI=1S/C14H22N2O3S/c1-3-5-11(8-13(17)18)16-14(19)15-9-12-10(4-2)6-7-20-12/h6-7,11H,3-5,8-9H2,1-2H3,(H,17,18)(H2,15,16,19). The first-order chi connectivity index (χ1) is 9.56. The van der Waals surface area contributed by atoms with Gasteiger partial charge in [-0.15, -0.1) is 11.3 Å². The van der Waals surface area contributed by atoms with E-state index in [4.69, 9.17) is 5.11 Å². The van der Waals surface area contributed by atoms with Gasteiger partial charge in [0.1, 0.15) is 0 Å². The van der Waals surface area contributed by atoms with Gasteiger partial charge in [-0.2, -0.15) is 0 Å². The molecule has 2 amide bonds. The molecule has 1 aromatic rings. The van der Waals surface area contributed by atoms with Crippen LogP contribution in [0.15, 0.2) is 11.4 Å². The molecule has 0 saturated heterocycles. The Bertz CT molecular complexity index is 445. The largest absolute Gasteiger partial charge is 0.481 e. The first kappa shape index (κ1) is 16.5. The molecule has 0 fully saturated rings. The number of hydrogen-bond donors (Lipinski definition) is 3. The molecular weight excluding hydrogens is 276 g/mol. The van der Waals surface area contributed by atoms with E-state index in [1.54, 1.807) is 11.3 Å². The van der Waals surface area contributed by atoms with E-state index in [1.165, 1.54) is 5.56 Å². The van der Waals surface area contributed by atoms with Crippen molar-refractivity contribution >= 4 is 23.3 Å². The van der Waals surface area contributed by atoms with Crippen LogP contribution in [0, 0.1) is 0 Å². The minimum Gasteiger partial charge on any atom is -0.481 e. The lowest BCUT2D eigenvalue weighted by atomic mass is 10.1. The van der Waals surface area contributed by atoms with Crippen molar-refractivity contribution in [2.75, 3.05) is 0 Å². The number of aryl methyl sites for hydroxylation is 1. The summed E-state index contributed by atoms with van der Waals surface area (Å²) >= 11 is 1.62. The van der Waals surface area contributed by atoms with Crippen molar-refractivity contribution in [1.82, 2.24) is 10.6 Å². The maximum absolute atomic E-state index is 11.8. The number of amides is 2. The van der Waals surface area contributed by atoms with Crippen LogP contribution in [0.5, 0.6) is 0 Å². The summed E-state index contributed by atoms with van der Waals surface area (Å²) in [6, 6.07) is 1.44. The lowest BCUT2D eigenvalue weighted by molar-refractivity contribution is -0.137. The topological polar surface area (TPSA) is 78.4 Å². The van der Waals surface area contributed by atoms with Crippen LogP contribution >= 0.6 is 11.3 Å². The van der Waals surface area contributed by atoms with Gasteiger partial charge in [0.15, 0.2) is 0 Å². The summed E-state index contributed by atoms with van der Waals surface area (Å²) in [7, 11) is 0. The summed E-state index contributed by atoms with van der Waals surface area (Å²) in [5.74, 6) is -0.893. The second-order valence-corrected chi connectivity index (χ2v) is 5.63. The molecule has 6 heteroatoms. The molecule has 0 aliphatic carbocycles. The molecule has 0 aliphatic heterocycles. The summed E-state index contributed by atoms with van der Waals surface area (Å²) < 4.78 is 0. The van der Waals surface area contributed by atoms with Gasteiger partial charge in [-0.25, -0.2) is 4.79 Å². The zero-order chi connectivity index (χ0) is 15.0. The zero-order valence-corrected chi connectivity index (χ0v) is 12.8. The maximum atomic E-state index is 11.8. The van der Waals surface area contributed by atoms with Crippen molar-refractivity contribution in [1.29, 1.82) is 0 Å². The molecule has 1 atom stereocenters. The summed E-state index contributed by atoms with van der Waals surface area (Å²) in [4.78, 5) is 23.7. The Kier molecular flexibility index (Phi) is 7.08. The van der Waals surface area contributed by atoms with Crippen LogP contribution in [0.1, 0.15) is 43.6 Å². The predicted molar refractivity (Wildman–Crippen MR) is 80.0 cm³/mol. The van der Waals surface area contributed by atoms with Gasteiger partial charge in [-0.05, 0) is 29.9 Å². The van der Waals surface area contributed by atoms with E-state index in [0.717, 1.165) is 17.7 Å². The second kappa shape index (κ2) is 8.58. The highest BCUT2D eigenvalue weighted by atomic mass is 32.1. The number of urea groups is 1. The van der Waals surface area contributed by atoms with Crippen LogP contribution in [0.2, 0.25) is 0 Å². The lowest BCUT2D eigenvalue weighted by Gasteiger charge is -2.16. The van der Waals surface area contributed by atoms with E-state index < -0.39 is 5.97 Å². The number of nitrogens with one attached hydrogen (secondary N) is 2. The third kappa shape index (κ3) is 5.61. The minimum atomic E-state index is -0.893. The normalized spacial score (nSPS) is 11.9.